The van der Waals surface area contributed by atoms with Crippen molar-refractivity contribution in [2.75, 3.05) is 24.4 Å². The lowest BCUT2D eigenvalue weighted by Gasteiger charge is -2.13. The summed E-state index contributed by atoms with van der Waals surface area (Å²) in [5.41, 5.74) is 9.01. The third-order valence-corrected chi connectivity index (χ3v) is 3.78. The fraction of sp³-hybridized carbons (Fsp3) is 0.368. The number of aryl methyl sites for hydroxylation is 1. The largest absolute Gasteiger partial charge is 0.489 e. The van der Waals surface area contributed by atoms with Crippen molar-refractivity contribution >= 4 is 11.4 Å². The van der Waals surface area contributed by atoms with E-state index in [0.29, 0.717) is 12.5 Å². The van der Waals surface area contributed by atoms with E-state index in [4.69, 9.17) is 19.9 Å². The Hall–Kier alpha value is -2.56. The molecule has 0 saturated heterocycles. The Balaban J connectivity index is 1.47. The number of hydrogen-bond acceptors (Lipinski definition) is 5. The van der Waals surface area contributed by atoms with E-state index >= 15 is 0 Å². The van der Waals surface area contributed by atoms with Crippen molar-refractivity contribution in [3.8, 4) is 17.2 Å². The Morgan fingerprint density at radius 3 is 2.75 bits per heavy atom. The average Bonchev–Trinajstić information content (AvgIpc) is 3.01. The molecule has 0 fully saturated rings. The first-order valence-corrected chi connectivity index (χ1v) is 8.30. The summed E-state index contributed by atoms with van der Waals surface area (Å²) in [6.07, 6.45) is 2.10. The van der Waals surface area contributed by atoms with Crippen LogP contribution in [0.5, 0.6) is 17.2 Å². The number of benzene rings is 2. The predicted molar refractivity (Wildman–Crippen MR) is 96.0 cm³/mol. The maximum absolute atomic E-state index is 6.05. The van der Waals surface area contributed by atoms with Gasteiger partial charge in [-0.2, -0.15) is 0 Å². The first kappa shape index (κ1) is 16.3. The minimum atomic E-state index is 0.129. The molecule has 128 valence electrons. The van der Waals surface area contributed by atoms with Crippen molar-refractivity contribution in [1.29, 1.82) is 0 Å². The molecule has 3 N–H and O–H groups in total. The van der Waals surface area contributed by atoms with E-state index in [-0.39, 0.29) is 6.10 Å². The zero-order chi connectivity index (χ0) is 16.9. The minimum absolute atomic E-state index is 0.129. The first-order valence-electron chi connectivity index (χ1n) is 8.30. The average molecular weight is 328 g/mol. The number of rotatable bonds is 7. The van der Waals surface area contributed by atoms with Gasteiger partial charge in [0.25, 0.3) is 0 Å². The summed E-state index contributed by atoms with van der Waals surface area (Å²) in [6, 6.07) is 11.9. The van der Waals surface area contributed by atoms with E-state index in [1.807, 2.05) is 44.2 Å². The van der Waals surface area contributed by atoms with Crippen LogP contribution in [0, 0.1) is 0 Å². The van der Waals surface area contributed by atoms with Gasteiger partial charge in [-0.1, -0.05) is 6.07 Å². The minimum Gasteiger partial charge on any atom is -0.489 e. The molecular weight excluding hydrogens is 304 g/mol. The van der Waals surface area contributed by atoms with Crippen LogP contribution < -0.4 is 25.3 Å². The molecule has 2 aromatic rings. The highest BCUT2D eigenvalue weighted by Gasteiger charge is 2.12. The molecule has 5 nitrogen and oxygen atoms in total. The van der Waals surface area contributed by atoms with E-state index in [1.54, 1.807) is 0 Å². The third kappa shape index (κ3) is 4.04. The Morgan fingerprint density at radius 1 is 1.12 bits per heavy atom. The molecule has 0 unspecified atom stereocenters. The van der Waals surface area contributed by atoms with Crippen LogP contribution in [-0.2, 0) is 6.42 Å². The second-order valence-electron chi connectivity index (χ2n) is 6.14. The quantitative estimate of drug-likeness (QED) is 0.597. The van der Waals surface area contributed by atoms with Gasteiger partial charge in [0.2, 0.25) is 6.79 Å². The summed E-state index contributed by atoms with van der Waals surface area (Å²) in [5.74, 6) is 2.36. The molecule has 0 amide bonds. The number of fused-ring (bicyclic) bond motifs is 1. The Kier molecular flexibility index (Phi) is 4.99. The van der Waals surface area contributed by atoms with Gasteiger partial charge in [0.1, 0.15) is 5.75 Å². The second kappa shape index (κ2) is 7.34. The van der Waals surface area contributed by atoms with Crippen molar-refractivity contribution in [2.24, 2.45) is 0 Å². The van der Waals surface area contributed by atoms with Gasteiger partial charge in [0, 0.05) is 18.3 Å². The van der Waals surface area contributed by atoms with Crippen LogP contribution >= 0.6 is 0 Å². The van der Waals surface area contributed by atoms with Gasteiger partial charge >= 0.3 is 0 Å². The van der Waals surface area contributed by atoms with E-state index in [0.717, 1.165) is 42.3 Å². The summed E-state index contributed by atoms with van der Waals surface area (Å²) >= 11 is 0. The van der Waals surface area contributed by atoms with Crippen molar-refractivity contribution in [3.05, 3.63) is 42.0 Å². The zero-order valence-electron chi connectivity index (χ0n) is 14.2. The molecule has 0 aromatic heterocycles. The van der Waals surface area contributed by atoms with Gasteiger partial charge in [-0.15, -0.1) is 0 Å². The van der Waals surface area contributed by atoms with Gasteiger partial charge in [0.15, 0.2) is 11.5 Å². The molecule has 24 heavy (non-hydrogen) atoms. The van der Waals surface area contributed by atoms with Crippen LogP contribution in [0.4, 0.5) is 11.4 Å². The monoisotopic (exact) mass is 328 g/mol. The second-order valence-corrected chi connectivity index (χ2v) is 6.14. The van der Waals surface area contributed by atoms with Crippen molar-refractivity contribution in [3.63, 3.8) is 0 Å². The summed E-state index contributed by atoms with van der Waals surface area (Å²) in [5, 5.41) is 3.41. The maximum Gasteiger partial charge on any atom is 0.231 e. The SMILES string of the molecule is CC(C)Oc1ccc(CCCNc2ccc3c(c2)OCO3)cc1N. The maximum atomic E-state index is 6.05. The van der Waals surface area contributed by atoms with Gasteiger partial charge in [-0.3, -0.25) is 0 Å². The molecule has 2 aromatic carbocycles. The fourth-order valence-electron chi connectivity index (χ4n) is 2.65. The number of ether oxygens (including phenoxy) is 3. The van der Waals surface area contributed by atoms with E-state index in [2.05, 4.69) is 11.4 Å². The predicted octanol–water partition coefficient (Wildman–Crippen LogP) is 3.83. The summed E-state index contributed by atoms with van der Waals surface area (Å²) < 4.78 is 16.3. The molecule has 0 aliphatic carbocycles. The molecular formula is C19H24N2O3. The Morgan fingerprint density at radius 2 is 1.96 bits per heavy atom. The molecule has 1 aliphatic rings. The van der Waals surface area contributed by atoms with Gasteiger partial charge < -0.3 is 25.3 Å². The first-order chi connectivity index (χ1) is 11.6. The highest BCUT2D eigenvalue weighted by Crippen LogP contribution is 2.34. The smallest absolute Gasteiger partial charge is 0.231 e. The molecule has 3 rings (SSSR count). The van der Waals surface area contributed by atoms with Gasteiger partial charge in [-0.05, 0) is 56.5 Å². The number of nitrogen functional groups attached to an aromatic ring is 1. The number of nitrogens with two attached hydrogens (primary N) is 1. The molecule has 1 heterocycles. The lowest BCUT2D eigenvalue weighted by Crippen LogP contribution is -2.08. The standard InChI is InChI=1S/C19H24N2O3/c1-13(2)24-17-7-5-14(10-16(17)20)4-3-9-21-15-6-8-18-19(11-15)23-12-22-18/h5-8,10-11,13,21H,3-4,9,12,20H2,1-2H3. The van der Waals surface area contributed by atoms with Crippen molar-refractivity contribution < 1.29 is 14.2 Å². The van der Waals surface area contributed by atoms with Crippen LogP contribution in [0.25, 0.3) is 0 Å². The van der Waals surface area contributed by atoms with Crippen LogP contribution in [0.2, 0.25) is 0 Å². The fourth-order valence-corrected chi connectivity index (χ4v) is 2.65. The molecule has 0 radical (unpaired) electrons. The Labute approximate surface area is 142 Å². The molecule has 1 aliphatic heterocycles. The van der Waals surface area contributed by atoms with E-state index in [1.165, 1.54) is 5.56 Å². The number of nitrogens with one attached hydrogen (secondary N) is 1. The zero-order valence-corrected chi connectivity index (χ0v) is 14.2. The van der Waals surface area contributed by atoms with Crippen LogP contribution in [0.3, 0.4) is 0 Å². The highest BCUT2D eigenvalue weighted by atomic mass is 16.7. The molecule has 0 saturated carbocycles. The molecule has 0 spiro atoms. The van der Waals surface area contributed by atoms with Gasteiger partial charge in [-0.25, -0.2) is 0 Å². The van der Waals surface area contributed by atoms with Crippen LogP contribution in [0.1, 0.15) is 25.8 Å². The number of hydrogen-bond donors (Lipinski definition) is 2. The highest BCUT2D eigenvalue weighted by molar-refractivity contribution is 5.56. The molecule has 0 bridgehead atoms. The van der Waals surface area contributed by atoms with Crippen molar-refractivity contribution in [2.45, 2.75) is 32.8 Å². The molecule has 5 heteroatoms. The van der Waals surface area contributed by atoms with E-state index in [9.17, 15) is 0 Å². The topological polar surface area (TPSA) is 65.7 Å². The third-order valence-electron chi connectivity index (χ3n) is 3.78. The van der Waals surface area contributed by atoms with E-state index < -0.39 is 0 Å². The summed E-state index contributed by atoms with van der Waals surface area (Å²) in [4.78, 5) is 0. The van der Waals surface area contributed by atoms with Crippen LogP contribution in [0.15, 0.2) is 36.4 Å². The van der Waals surface area contributed by atoms with Crippen LogP contribution in [-0.4, -0.2) is 19.4 Å². The summed E-state index contributed by atoms with van der Waals surface area (Å²) in [7, 11) is 0. The van der Waals surface area contributed by atoms with Gasteiger partial charge in [0.05, 0.1) is 11.8 Å². The normalized spacial score (nSPS) is 12.5. The molecule has 0 atom stereocenters. The Bertz CT molecular complexity index is 701. The number of anilines is 2. The summed E-state index contributed by atoms with van der Waals surface area (Å²) in [6.45, 7) is 5.17. The lowest BCUT2D eigenvalue weighted by molar-refractivity contribution is 0.174. The lowest BCUT2D eigenvalue weighted by atomic mass is 10.1. The van der Waals surface area contributed by atoms with Crippen molar-refractivity contribution in [1.82, 2.24) is 0 Å².